The lowest BCUT2D eigenvalue weighted by Gasteiger charge is -2.46. The average Bonchev–Trinajstić information content (AvgIpc) is 3.15. The third-order valence-corrected chi connectivity index (χ3v) is 7.13. The van der Waals surface area contributed by atoms with E-state index in [-0.39, 0.29) is 30.0 Å². The van der Waals surface area contributed by atoms with E-state index >= 15 is 0 Å². The lowest BCUT2D eigenvalue weighted by atomic mass is 9.97. The average molecular weight is 338 g/mol. The van der Waals surface area contributed by atoms with Gasteiger partial charge in [-0.2, -0.15) is 0 Å². The minimum Gasteiger partial charge on any atom is -0.477 e. The number of aromatic nitrogens is 3. The standard InChI is InChI=1S/C13H14N4O5S/c18-9-4-10-17(9)11(13(19)20)8(3-7-5-14-16-15-7)12(6-1-2-6)23(10,21)22/h5-6,10,12H,1-4H2,(H,19,20)(H,14,15,16)/t10-,12?/m1/s1. The van der Waals surface area contributed by atoms with Crippen molar-refractivity contribution in [1.29, 1.82) is 0 Å². The second kappa shape index (κ2) is 4.63. The topological polar surface area (TPSA) is 133 Å². The first-order chi connectivity index (χ1) is 10.9. The number of fused-ring (bicyclic) bond motifs is 1. The van der Waals surface area contributed by atoms with E-state index in [1.165, 1.54) is 6.20 Å². The van der Waals surface area contributed by atoms with Gasteiger partial charge in [0.15, 0.2) is 9.84 Å². The number of H-pyrrole nitrogens is 1. The van der Waals surface area contributed by atoms with Crippen LogP contribution in [0.5, 0.6) is 0 Å². The number of amides is 1. The maximum Gasteiger partial charge on any atom is 0.352 e. The molecule has 1 aliphatic carbocycles. The predicted molar refractivity (Wildman–Crippen MR) is 75.4 cm³/mol. The van der Waals surface area contributed by atoms with Crippen LogP contribution in [0.4, 0.5) is 0 Å². The van der Waals surface area contributed by atoms with Gasteiger partial charge in [-0.1, -0.05) is 5.21 Å². The summed E-state index contributed by atoms with van der Waals surface area (Å²) in [5.74, 6) is -1.82. The Labute approximate surface area is 131 Å². The Morgan fingerprint density at radius 3 is 2.70 bits per heavy atom. The molecule has 1 unspecified atom stereocenters. The van der Waals surface area contributed by atoms with Crippen molar-refractivity contribution in [2.75, 3.05) is 0 Å². The summed E-state index contributed by atoms with van der Waals surface area (Å²) in [6.45, 7) is 0. The number of carboxylic acids is 1. The van der Waals surface area contributed by atoms with Gasteiger partial charge in [0, 0.05) is 12.6 Å². The first-order valence-electron chi connectivity index (χ1n) is 7.27. The molecule has 2 atom stereocenters. The van der Waals surface area contributed by atoms with E-state index in [4.69, 9.17) is 0 Å². The lowest BCUT2D eigenvalue weighted by Crippen LogP contribution is -2.63. The number of hydrogen-bond acceptors (Lipinski definition) is 6. The minimum atomic E-state index is -3.63. The fourth-order valence-corrected chi connectivity index (χ4v) is 6.09. The summed E-state index contributed by atoms with van der Waals surface area (Å²) in [6.07, 6.45) is 2.90. The second-order valence-electron chi connectivity index (χ2n) is 6.09. The van der Waals surface area contributed by atoms with Crippen molar-refractivity contribution in [2.24, 2.45) is 5.92 Å². The summed E-state index contributed by atoms with van der Waals surface area (Å²) < 4.78 is 25.7. The number of aromatic amines is 1. The Morgan fingerprint density at radius 1 is 1.43 bits per heavy atom. The van der Waals surface area contributed by atoms with E-state index < -0.39 is 32.3 Å². The molecule has 1 amide bonds. The fraction of sp³-hybridized carbons (Fsp3) is 0.538. The van der Waals surface area contributed by atoms with Crippen LogP contribution in [0.25, 0.3) is 0 Å². The normalized spacial score (nSPS) is 29.2. The molecular formula is C13H14N4O5S. The molecule has 0 aromatic carbocycles. The highest BCUT2D eigenvalue weighted by Gasteiger charge is 2.59. The van der Waals surface area contributed by atoms with Crippen LogP contribution in [-0.2, 0) is 25.8 Å². The van der Waals surface area contributed by atoms with E-state index in [1.54, 1.807) is 0 Å². The molecule has 10 heteroatoms. The number of nitrogens with one attached hydrogen (secondary N) is 1. The molecule has 1 aromatic rings. The van der Waals surface area contributed by atoms with E-state index in [1.807, 2.05) is 0 Å². The molecule has 2 fully saturated rings. The molecule has 1 aromatic heterocycles. The van der Waals surface area contributed by atoms with Gasteiger partial charge >= 0.3 is 5.97 Å². The Morgan fingerprint density at radius 2 is 2.17 bits per heavy atom. The van der Waals surface area contributed by atoms with Gasteiger partial charge in [-0.25, -0.2) is 13.2 Å². The van der Waals surface area contributed by atoms with Crippen LogP contribution in [0.15, 0.2) is 17.5 Å². The highest BCUT2D eigenvalue weighted by Crippen LogP contribution is 2.49. The molecule has 9 nitrogen and oxygen atoms in total. The minimum absolute atomic E-state index is 0.0506. The third kappa shape index (κ3) is 2.01. The number of sulfone groups is 1. The van der Waals surface area contributed by atoms with Crippen molar-refractivity contribution >= 4 is 21.7 Å². The first kappa shape index (κ1) is 14.4. The number of hydrogen-bond donors (Lipinski definition) is 2. The second-order valence-corrected chi connectivity index (χ2v) is 8.32. The summed E-state index contributed by atoms with van der Waals surface area (Å²) in [5.41, 5.74) is 0.505. The van der Waals surface area contributed by atoms with E-state index in [0.717, 1.165) is 17.7 Å². The number of carboxylic acid groups (broad SMARTS) is 1. The van der Waals surface area contributed by atoms with Crippen molar-refractivity contribution in [2.45, 2.75) is 36.3 Å². The Hall–Kier alpha value is -2.23. The Kier molecular flexibility index (Phi) is 2.89. The van der Waals surface area contributed by atoms with Gasteiger partial charge in [0.1, 0.15) is 11.1 Å². The van der Waals surface area contributed by atoms with Crippen LogP contribution in [0.3, 0.4) is 0 Å². The van der Waals surface area contributed by atoms with E-state index in [2.05, 4.69) is 15.4 Å². The molecule has 4 rings (SSSR count). The molecule has 1 saturated carbocycles. The van der Waals surface area contributed by atoms with Gasteiger partial charge in [-0.15, -0.1) is 5.10 Å². The molecule has 0 bridgehead atoms. The molecule has 3 heterocycles. The number of nitrogens with zero attached hydrogens (tertiary/aromatic N) is 3. The van der Waals surface area contributed by atoms with Crippen LogP contribution in [0.1, 0.15) is 25.0 Å². The van der Waals surface area contributed by atoms with E-state index in [9.17, 15) is 23.1 Å². The van der Waals surface area contributed by atoms with Gasteiger partial charge < -0.3 is 5.11 Å². The Bertz CT molecular complexity index is 825. The van der Waals surface area contributed by atoms with Crippen LogP contribution in [0.2, 0.25) is 0 Å². The molecular weight excluding hydrogens is 324 g/mol. The SMILES string of the molecule is O=C(O)C1=C(Cc2c[nH]nn2)C(C2CC2)S(=O)(=O)[C@@H]2CC(=O)N12. The zero-order chi connectivity index (χ0) is 16.4. The molecule has 23 heavy (non-hydrogen) atoms. The summed E-state index contributed by atoms with van der Waals surface area (Å²) in [5, 5.41) is 17.6. The van der Waals surface area contributed by atoms with Crippen molar-refractivity contribution in [1.82, 2.24) is 20.3 Å². The Balaban J connectivity index is 1.90. The van der Waals surface area contributed by atoms with Crippen molar-refractivity contribution < 1.29 is 23.1 Å². The highest BCUT2D eigenvalue weighted by atomic mass is 32.2. The zero-order valence-electron chi connectivity index (χ0n) is 12.0. The zero-order valence-corrected chi connectivity index (χ0v) is 12.8. The fourth-order valence-electron chi connectivity index (χ4n) is 3.46. The van der Waals surface area contributed by atoms with E-state index in [0.29, 0.717) is 5.69 Å². The highest BCUT2D eigenvalue weighted by molar-refractivity contribution is 7.93. The summed E-state index contributed by atoms with van der Waals surface area (Å²) in [6, 6.07) is 0. The first-order valence-corrected chi connectivity index (χ1v) is 8.88. The van der Waals surface area contributed by atoms with Gasteiger partial charge in [-0.3, -0.25) is 14.8 Å². The summed E-state index contributed by atoms with van der Waals surface area (Å²) in [7, 11) is -3.63. The molecule has 3 aliphatic rings. The van der Waals surface area contributed by atoms with Gasteiger partial charge in [-0.05, 0) is 24.3 Å². The molecule has 0 radical (unpaired) electrons. The van der Waals surface area contributed by atoms with Crippen molar-refractivity contribution in [3.8, 4) is 0 Å². The molecule has 2 N–H and O–H groups in total. The van der Waals surface area contributed by atoms with Crippen LogP contribution >= 0.6 is 0 Å². The maximum atomic E-state index is 12.8. The molecule has 0 spiro atoms. The predicted octanol–water partition coefficient (Wildman–Crippen LogP) is -0.549. The number of β-lactam (4-membered cyclic amide) rings is 1. The maximum absolute atomic E-state index is 12.8. The molecule has 2 aliphatic heterocycles. The van der Waals surface area contributed by atoms with Crippen LogP contribution in [0, 0.1) is 5.92 Å². The van der Waals surface area contributed by atoms with Crippen molar-refractivity contribution in [3.05, 3.63) is 23.2 Å². The van der Waals surface area contributed by atoms with Gasteiger partial charge in [0.2, 0.25) is 5.91 Å². The number of carbonyl (C=O) groups is 2. The van der Waals surface area contributed by atoms with Crippen molar-refractivity contribution in [3.63, 3.8) is 0 Å². The molecule has 1 saturated heterocycles. The van der Waals surface area contributed by atoms with Crippen LogP contribution < -0.4 is 0 Å². The third-order valence-electron chi connectivity index (χ3n) is 4.62. The monoisotopic (exact) mass is 338 g/mol. The lowest BCUT2D eigenvalue weighted by molar-refractivity contribution is -0.146. The summed E-state index contributed by atoms with van der Waals surface area (Å²) >= 11 is 0. The summed E-state index contributed by atoms with van der Waals surface area (Å²) in [4.78, 5) is 24.5. The quantitative estimate of drug-likeness (QED) is 0.704. The number of aliphatic carboxylic acids is 1. The number of carbonyl (C=O) groups excluding carboxylic acids is 1. The smallest absolute Gasteiger partial charge is 0.352 e. The number of rotatable bonds is 4. The van der Waals surface area contributed by atoms with Gasteiger partial charge in [0.05, 0.1) is 17.4 Å². The molecule has 122 valence electrons. The van der Waals surface area contributed by atoms with Gasteiger partial charge in [0.25, 0.3) is 0 Å². The largest absolute Gasteiger partial charge is 0.477 e. The van der Waals surface area contributed by atoms with Crippen LogP contribution in [-0.4, -0.2) is 56.3 Å².